The number of phenols is 5. The number of aryl methyl sites for hydroxylation is 3. The largest absolute Gasteiger partial charge is 1.00 e. The van der Waals surface area contributed by atoms with Crippen LogP contribution in [0.4, 0.5) is 22.7 Å². The minimum atomic E-state index is 0. The fourth-order valence-electron chi connectivity index (χ4n) is 5.31. The number of hydrogen-bond donors (Lipinski definition) is 6. The van der Waals surface area contributed by atoms with Gasteiger partial charge in [0.15, 0.2) is 4.98 Å². The number of para-hydroxylation sites is 1. The van der Waals surface area contributed by atoms with E-state index < -0.39 is 0 Å². The fourth-order valence-corrected chi connectivity index (χ4v) is 5.31. The van der Waals surface area contributed by atoms with Gasteiger partial charge in [0.05, 0.1) is 11.4 Å². The van der Waals surface area contributed by atoms with Gasteiger partial charge in [0.1, 0.15) is 28.7 Å². The maximum atomic E-state index is 10.4. The topological polar surface area (TPSA) is 263 Å². The summed E-state index contributed by atoms with van der Waals surface area (Å²) in [5.41, 5.74) is 14.1. The van der Waals surface area contributed by atoms with Gasteiger partial charge in [0.2, 0.25) is 5.39 Å². The summed E-state index contributed by atoms with van der Waals surface area (Å²) in [5.74, 6) is 2.78. The van der Waals surface area contributed by atoms with Gasteiger partial charge in [-0.15, -0.1) is 5.34 Å². The van der Waals surface area contributed by atoms with Gasteiger partial charge in [-0.1, -0.05) is 73.6 Å². The molecule has 0 aliphatic rings. The first-order valence-electron chi connectivity index (χ1n) is 18.7. The van der Waals surface area contributed by atoms with Crippen LogP contribution in [0, 0.1) is 36.3 Å². The zero-order valence-electron chi connectivity index (χ0n) is 37.7. The maximum absolute atomic E-state index is 10.4. The molecule has 0 spiro atoms. The molecule has 5 aromatic carbocycles. The molecule has 0 saturated carbocycles. The molecule has 0 saturated heterocycles. The molecule has 14 nitrogen and oxygen atoms in total. The summed E-state index contributed by atoms with van der Waals surface area (Å²) in [5, 5.41) is 73.7. The number of hydrogen-bond acceptors (Lipinski definition) is 13. The molecule has 0 fully saturated rings. The molecule has 0 atom stereocenters. The summed E-state index contributed by atoms with van der Waals surface area (Å²) in [4.78, 5) is 11.0. The molecule has 0 aromatic heterocycles. The number of nitrogens with two attached hydrogens (primary N) is 1. The van der Waals surface area contributed by atoms with Crippen molar-refractivity contribution in [3.63, 3.8) is 0 Å². The van der Waals surface area contributed by atoms with Crippen LogP contribution >= 0.6 is 0 Å². The molecule has 318 valence electrons. The third-order valence-electron chi connectivity index (χ3n) is 8.72. The minimum Gasteiger partial charge on any atom is -0.870 e. The molecular formula is C45H59N6Na2O8+. The fraction of sp³-hybridized carbons (Fsp3) is 0.333. The summed E-state index contributed by atoms with van der Waals surface area (Å²) >= 11 is 0. The van der Waals surface area contributed by atoms with Crippen LogP contribution < -0.4 is 64.8 Å². The van der Waals surface area contributed by atoms with Crippen LogP contribution in [-0.2, 0) is 0 Å². The van der Waals surface area contributed by atoms with Crippen molar-refractivity contribution in [1.82, 2.24) is 0 Å². The second-order valence-corrected chi connectivity index (χ2v) is 14.7. The monoisotopic (exact) mass is 857 g/mol. The van der Waals surface area contributed by atoms with Crippen molar-refractivity contribution >= 4 is 22.7 Å². The number of diazo groups is 1. The Kier molecular flexibility index (Phi) is 30.1. The summed E-state index contributed by atoms with van der Waals surface area (Å²) < 4.78 is 0. The summed E-state index contributed by atoms with van der Waals surface area (Å²) in [7, 11) is 0. The number of nitrogens with zero attached hydrogens (tertiary/aromatic N) is 5. The molecule has 16 heteroatoms. The average Bonchev–Trinajstić information content (AvgIpc) is 3.16. The zero-order valence-corrected chi connectivity index (χ0v) is 41.7. The molecular weight excluding hydrogens is 799 g/mol. The van der Waals surface area contributed by atoms with E-state index >= 15 is 0 Å². The van der Waals surface area contributed by atoms with Crippen LogP contribution in [0.3, 0.4) is 0 Å². The van der Waals surface area contributed by atoms with Crippen LogP contribution in [0.15, 0.2) is 100 Å². The zero-order chi connectivity index (χ0) is 44.3. The molecule has 0 bridgehead atoms. The molecule has 5 aromatic rings. The number of nitrogen functional groups attached to an aromatic ring is 1. The second kappa shape index (κ2) is 30.3. The third kappa shape index (κ3) is 20.6. The normalized spacial score (nSPS) is 9.87. The molecule has 5 rings (SSSR count). The SMILES string of the molecule is CC(C)c1cccc(C(C)C)c1O.Cc1cc(N)ccc1O.Cc1cc(N=Nc2cc(C(C)C)c(O)c(C(C)C)c2)ccc1O.Cc1cc([N+]#N)ccc1O.O=N[O-].[Na+].[Na+].[OH-]. The number of anilines is 1. The minimum absolute atomic E-state index is 0. The molecule has 0 radical (unpaired) electrons. The van der Waals surface area contributed by atoms with Crippen molar-refractivity contribution in [3.05, 3.63) is 139 Å². The molecule has 0 amide bonds. The molecule has 0 heterocycles. The first kappa shape index (κ1) is 60.6. The Hall–Kier alpha value is -4.72. The molecule has 61 heavy (non-hydrogen) atoms. The van der Waals surface area contributed by atoms with Crippen LogP contribution in [-0.4, -0.2) is 31.0 Å². The van der Waals surface area contributed by atoms with Gasteiger partial charge < -0.3 is 46.9 Å². The van der Waals surface area contributed by atoms with E-state index in [0.717, 1.165) is 44.4 Å². The van der Waals surface area contributed by atoms with Gasteiger partial charge >= 0.3 is 64.8 Å². The summed E-state index contributed by atoms with van der Waals surface area (Å²) in [6, 6.07) is 24.5. The van der Waals surface area contributed by atoms with Crippen LogP contribution in [0.5, 0.6) is 28.7 Å². The number of azo groups is 1. The maximum Gasteiger partial charge on any atom is 1.00 e. The van der Waals surface area contributed by atoms with E-state index in [1.165, 1.54) is 12.1 Å². The summed E-state index contributed by atoms with van der Waals surface area (Å²) in [6.07, 6.45) is 0. The smallest absolute Gasteiger partial charge is 0.870 e. The van der Waals surface area contributed by atoms with Gasteiger partial charge in [0, 0.05) is 17.8 Å². The van der Waals surface area contributed by atoms with E-state index in [9.17, 15) is 15.3 Å². The quantitative estimate of drug-likeness (QED) is 0.0189. The van der Waals surface area contributed by atoms with Gasteiger partial charge in [-0.3, -0.25) is 0 Å². The van der Waals surface area contributed by atoms with E-state index in [4.69, 9.17) is 31.5 Å². The van der Waals surface area contributed by atoms with Gasteiger partial charge in [0.25, 0.3) is 0 Å². The van der Waals surface area contributed by atoms with Crippen molar-refractivity contribution in [3.8, 4) is 28.7 Å². The van der Waals surface area contributed by atoms with Crippen molar-refractivity contribution in [2.24, 2.45) is 15.6 Å². The average molecular weight is 858 g/mol. The predicted octanol–water partition coefficient (Wildman–Crippen LogP) is 7.26. The van der Waals surface area contributed by atoms with Crippen molar-refractivity contribution < 1.29 is 90.1 Å². The van der Waals surface area contributed by atoms with Gasteiger partial charge in [-0.2, -0.15) is 10.2 Å². The first-order valence-corrected chi connectivity index (χ1v) is 18.7. The Morgan fingerprint density at radius 3 is 1.28 bits per heavy atom. The number of aromatic hydroxyl groups is 5. The number of rotatable bonds is 6. The van der Waals surface area contributed by atoms with E-state index in [0.29, 0.717) is 51.7 Å². The van der Waals surface area contributed by atoms with Crippen molar-refractivity contribution in [1.29, 1.82) is 5.39 Å². The van der Waals surface area contributed by atoms with Gasteiger partial charge in [-0.25, -0.2) is 0 Å². The Morgan fingerprint density at radius 1 is 0.557 bits per heavy atom. The Bertz CT molecular complexity index is 2120. The van der Waals surface area contributed by atoms with Crippen LogP contribution in [0.1, 0.15) is 118 Å². The molecule has 0 aliphatic heterocycles. The van der Waals surface area contributed by atoms with E-state index in [1.807, 2.05) is 71.9 Å². The Balaban J connectivity index is -0.000000758. The number of phenolic OH excluding ortho intramolecular Hbond substituents is 5. The predicted molar refractivity (Wildman–Crippen MR) is 236 cm³/mol. The van der Waals surface area contributed by atoms with E-state index in [2.05, 4.69) is 42.9 Å². The molecule has 0 aliphatic carbocycles. The number of benzene rings is 5. The standard InChI is InChI=1S/C19H24N2O2.C12H18O.C7H6N2O.C7H9NO.HNO2.2Na.H2O/c1-11(2)16-9-15(10-17(12(3)4)19(16)23)21-20-14-6-7-18(22)13(5)8-14;1-8(2)10-6-5-7-11(9(3)4)12(10)13;1-5-4-6(9-8)2-3-7(5)10;1-5-4-6(8)2-3-7(5)9;2-1-3;;;/h6-12,22-23H,1-5H3;5-9,13H,1-4H3;2-4H,1H3;2-4,9H,8H2,1H3;(H,2,3);;;1H2/q;;;;;2*+1;/p-1. The van der Waals surface area contributed by atoms with Crippen LogP contribution in [0.25, 0.3) is 4.98 Å². The van der Waals surface area contributed by atoms with E-state index in [-0.39, 0.29) is 87.9 Å². The van der Waals surface area contributed by atoms with Crippen LogP contribution in [0.2, 0.25) is 0 Å². The van der Waals surface area contributed by atoms with Crippen molar-refractivity contribution in [2.45, 2.75) is 99.8 Å². The van der Waals surface area contributed by atoms with Crippen molar-refractivity contribution in [2.75, 3.05) is 5.73 Å². The first-order chi connectivity index (χ1) is 27.2. The Morgan fingerprint density at radius 2 is 0.918 bits per heavy atom. The molecule has 0 unspecified atom stereocenters. The molecule has 8 N–H and O–H groups in total. The summed E-state index contributed by atoms with van der Waals surface area (Å²) in [6.45, 7) is 21.9. The third-order valence-corrected chi connectivity index (χ3v) is 8.72. The van der Waals surface area contributed by atoms with E-state index in [1.54, 1.807) is 49.4 Å². The second-order valence-electron chi connectivity index (χ2n) is 14.7. The van der Waals surface area contributed by atoms with Gasteiger partial charge in [-0.05, 0) is 138 Å². The Labute approximate surface area is 404 Å².